The Morgan fingerprint density at radius 3 is 1.35 bits per heavy atom. The van der Waals surface area contributed by atoms with E-state index in [9.17, 15) is 35.0 Å². The number of nitriles is 2. The first-order chi connectivity index (χ1) is 53.3. The van der Waals surface area contributed by atoms with E-state index in [2.05, 4.69) is 136 Å². The molecule has 1 unspecified atom stereocenters. The summed E-state index contributed by atoms with van der Waals surface area (Å²) in [5.41, 5.74) is 13.7. The predicted octanol–water partition coefficient (Wildman–Crippen LogP) is 19.4. The normalized spacial score (nSPS) is 11.4. The summed E-state index contributed by atoms with van der Waals surface area (Å²) in [7, 11) is 2.81. The third-order valence-corrected chi connectivity index (χ3v) is 18.8. The molecule has 0 saturated carbocycles. The molecule has 2 heterocycles. The van der Waals surface area contributed by atoms with E-state index in [0.717, 1.165) is 73.5 Å². The Bertz CT molecular complexity index is 5400. The maximum absolute atomic E-state index is 12.1. The molecule has 1 atom stereocenters. The Labute approximate surface area is 647 Å². The van der Waals surface area contributed by atoms with Gasteiger partial charge in [0.25, 0.3) is 0 Å². The molecule has 0 bridgehead atoms. The van der Waals surface area contributed by atoms with E-state index in [1.807, 2.05) is 158 Å². The Hall–Kier alpha value is -13.7. The van der Waals surface area contributed by atoms with Crippen LogP contribution in [0.1, 0.15) is 148 Å². The second kappa shape index (κ2) is 37.2. The van der Waals surface area contributed by atoms with Crippen molar-refractivity contribution in [2.75, 3.05) is 20.8 Å². The van der Waals surface area contributed by atoms with E-state index in [4.69, 9.17) is 19.8 Å². The van der Waals surface area contributed by atoms with Gasteiger partial charge < -0.3 is 34.6 Å². The number of carbonyl (C=O) groups is 3. The van der Waals surface area contributed by atoms with Crippen molar-refractivity contribution in [2.24, 2.45) is 0 Å². The molecule has 0 saturated heterocycles. The van der Waals surface area contributed by atoms with Crippen LogP contribution in [-0.2, 0) is 35.3 Å². The Morgan fingerprint density at radius 2 is 0.928 bits per heavy atom. The standard InChI is InChI=1S/C30H29N3O.C20H25N3O.C18H15NO2.C13H10O3.C12H11NO3/c1-29(2,21-13-7-5-8-14-21)23-19-24(30(3,4)22-15-9-6-10-16-22)28(34)27(20-23)33-31-25-17-11-12-18-26(25)32-33;1-6-13(2)15-11-14(20(3,4)5)12-18(19(15)24)23-21-16-9-7-8-10-17(16)22-23;1-2-21-18(20)16(13-19)17(14-9-5-3-6-10-14)15-11-7-4-8-12-15;14-10-6-7-11(12(15)8-10)13(16)9-4-2-1-3-5-9;1-15-11-5-3-9(4-6-11)7-10(8-13)12(14)16-2/h5-20,34H,1-4H3;7-13,24H,6H2,1-5H3;3-12H,2H2,1H3;1-8,14-15H;3-7H,1-2H3/b;;;;10-7-. The van der Waals surface area contributed by atoms with Crippen LogP contribution in [-0.4, -0.2) is 89.0 Å². The third-order valence-electron chi connectivity index (χ3n) is 18.8. The number of carbonyl (C=O) groups excluding carboxylic acids is 3. The highest BCUT2D eigenvalue weighted by Crippen LogP contribution is 2.45. The van der Waals surface area contributed by atoms with Gasteiger partial charge in [-0.3, -0.25) is 4.79 Å². The molecule has 4 N–H and O–H groups in total. The lowest BCUT2D eigenvalue weighted by atomic mass is 9.72. The van der Waals surface area contributed by atoms with Crippen molar-refractivity contribution >= 4 is 51.4 Å². The fourth-order valence-corrected chi connectivity index (χ4v) is 12.0. The topological polar surface area (TPSA) is 269 Å². The molecular formula is C93H90N8O10. The average molecular weight is 1480 g/mol. The van der Waals surface area contributed by atoms with Gasteiger partial charge >= 0.3 is 11.9 Å². The third kappa shape index (κ3) is 20.1. The summed E-state index contributed by atoms with van der Waals surface area (Å²) in [6.07, 6.45) is 2.43. The molecule has 11 aromatic carbocycles. The lowest BCUT2D eigenvalue weighted by molar-refractivity contribution is -0.138. The molecule has 562 valence electrons. The summed E-state index contributed by atoms with van der Waals surface area (Å²) in [4.78, 5) is 38.3. The van der Waals surface area contributed by atoms with E-state index < -0.39 is 17.4 Å². The van der Waals surface area contributed by atoms with Crippen LogP contribution >= 0.6 is 0 Å². The van der Waals surface area contributed by atoms with Gasteiger partial charge in [-0.05, 0) is 136 Å². The second-order valence-corrected chi connectivity index (χ2v) is 28.0. The zero-order chi connectivity index (χ0) is 80.0. The highest BCUT2D eigenvalue weighted by Gasteiger charge is 2.33. The van der Waals surface area contributed by atoms with Crippen LogP contribution < -0.4 is 4.74 Å². The van der Waals surface area contributed by atoms with Crippen molar-refractivity contribution in [3.8, 4) is 52.3 Å². The number of rotatable bonds is 17. The number of aromatic hydroxyl groups is 4. The number of esters is 2. The molecule has 0 spiro atoms. The van der Waals surface area contributed by atoms with E-state index in [0.29, 0.717) is 28.3 Å². The number of ether oxygens (including phenoxy) is 3. The van der Waals surface area contributed by atoms with Gasteiger partial charge in [-0.25, -0.2) is 9.59 Å². The molecule has 13 aromatic rings. The highest BCUT2D eigenvalue weighted by atomic mass is 16.5. The lowest BCUT2D eigenvalue weighted by Gasteiger charge is -2.32. The highest BCUT2D eigenvalue weighted by molar-refractivity contribution is 6.10. The van der Waals surface area contributed by atoms with E-state index >= 15 is 0 Å². The molecule has 0 aliphatic rings. The molecule has 0 radical (unpaired) electrons. The van der Waals surface area contributed by atoms with E-state index in [-0.39, 0.29) is 68.8 Å². The summed E-state index contributed by atoms with van der Waals surface area (Å²) in [5.74, 6) is -0.320. The van der Waals surface area contributed by atoms with Crippen LogP contribution in [0.25, 0.3) is 45.1 Å². The summed E-state index contributed by atoms with van der Waals surface area (Å²) in [6, 6.07) is 86.7. The number of phenols is 4. The Kier molecular flexibility index (Phi) is 27.3. The van der Waals surface area contributed by atoms with Crippen molar-refractivity contribution in [3.63, 3.8) is 0 Å². The van der Waals surface area contributed by atoms with Crippen LogP contribution in [0.15, 0.2) is 278 Å². The summed E-state index contributed by atoms with van der Waals surface area (Å²) in [6.45, 7) is 21.5. The average Bonchev–Trinajstić information content (AvgIpc) is 1.75. The fourth-order valence-electron chi connectivity index (χ4n) is 12.0. The van der Waals surface area contributed by atoms with Gasteiger partial charge in [-0.1, -0.05) is 263 Å². The van der Waals surface area contributed by atoms with Gasteiger partial charge in [0.1, 0.15) is 85.5 Å². The van der Waals surface area contributed by atoms with E-state index in [1.54, 1.807) is 78.2 Å². The molecule has 0 aliphatic carbocycles. The molecular weight excluding hydrogens is 1390 g/mol. The van der Waals surface area contributed by atoms with Gasteiger partial charge in [0.2, 0.25) is 0 Å². The minimum atomic E-state index is -0.640. The first kappa shape index (κ1) is 81.4. The SMILES string of the molecule is CC(C)(c1ccccc1)c1cc(-n2nc3ccccc3n2)c(O)c(C(C)(C)c2ccccc2)c1.CCC(C)c1cc(C(C)(C)C)cc(-n2nc3ccccc3n2)c1O.CCOC(=O)C(C#N)=C(c1ccccc1)c1ccccc1.COC(=O)/C(C#N)=C\c1ccc(OC)cc1.O=C(c1ccccc1)c1ccc(O)cc1O. The molecule has 0 fully saturated rings. The zero-order valence-electron chi connectivity index (χ0n) is 64.3. The molecule has 18 nitrogen and oxygen atoms in total. The number of phenolic OH excluding ortho intramolecular Hbond substituents is 4. The molecule has 13 rings (SSSR count). The minimum absolute atomic E-state index is 0.0166. The minimum Gasteiger partial charge on any atom is -0.508 e. The number of methoxy groups -OCH3 is 2. The number of benzene rings is 11. The quantitative estimate of drug-likeness (QED) is 0.0286. The van der Waals surface area contributed by atoms with Crippen LogP contribution in [0.3, 0.4) is 0 Å². The number of ketones is 1. The number of fused-ring (bicyclic) bond motifs is 2. The van der Waals surface area contributed by atoms with Crippen LogP contribution in [0, 0.1) is 22.7 Å². The first-order valence-electron chi connectivity index (χ1n) is 36.2. The maximum Gasteiger partial charge on any atom is 0.349 e. The molecule has 2 aromatic heterocycles. The lowest BCUT2D eigenvalue weighted by Crippen LogP contribution is -2.24. The summed E-state index contributed by atoms with van der Waals surface area (Å²) >= 11 is 0. The van der Waals surface area contributed by atoms with Gasteiger partial charge in [0.05, 0.1) is 26.4 Å². The van der Waals surface area contributed by atoms with Crippen LogP contribution in [0.5, 0.6) is 28.7 Å². The van der Waals surface area contributed by atoms with Gasteiger partial charge in [-0.15, -0.1) is 30.0 Å². The monoisotopic (exact) mass is 1480 g/mol. The summed E-state index contributed by atoms with van der Waals surface area (Å²) in [5, 5.41) is 77.7. The predicted molar refractivity (Wildman–Crippen MR) is 435 cm³/mol. The van der Waals surface area contributed by atoms with Crippen molar-refractivity contribution in [1.29, 1.82) is 10.5 Å². The van der Waals surface area contributed by atoms with Gasteiger partial charge in [0, 0.05) is 33.6 Å². The van der Waals surface area contributed by atoms with Crippen molar-refractivity contribution in [2.45, 2.75) is 97.8 Å². The second-order valence-electron chi connectivity index (χ2n) is 28.0. The number of aromatic nitrogens is 6. The smallest absolute Gasteiger partial charge is 0.349 e. The van der Waals surface area contributed by atoms with Crippen molar-refractivity contribution in [3.05, 3.63) is 339 Å². The Morgan fingerprint density at radius 1 is 0.486 bits per heavy atom. The summed E-state index contributed by atoms with van der Waals surface area (Å²) < 4.78 is 14.5. The fraction of sp³-hybridized carbons (Fsp3) is 0.194. The zero-order valence-corrected chi connectivity index (χ0v) is 64.3. The van der Waals surface area contributed by atoms with Gasteiger partial charge in [-0.2, -0.15) is 10.5 Å². The number of hydrogen-bond donors (Lipinski definition) is 4. The van der Waals surface area contributed by atoms with Crippen LogP contribution in [0.4, 0.5) is 0 Å². The van der Waals surface area contributed by atoms with Crippen LogP contribution in [0.2, 0.25) is 0 Å². The van der Waals surface area contributed by atoms with Crippen molar-refractivity contribution < 1.29 is 49.0 Å². The van der Waals surface area contributed by atoms with Crippen molar-refractivity contribution in [1.82, 2.24) is 30.0 Å². The molecule has 18 heteroatoms. The molecule has 111 heavy (non-hydrogen) atoms. The number of nitrogens with zero attached hydrogens (tertiary/aromatic N) is 8. The maximum atomic E-state index is 12.1. The first-order valence-corrected chi connectivity index (χ1v) is 36.2. The Balaban J connectivity index is 0.000000165. The molecule has 0 amide bonds. The number of hydrogen-bond acceptors (Lipinski definition) is 16. The largest absolute Gasteiger partial charge is 0.508 e. The van der Waals surface area contributed by atoms with E-state index in [1.165, 1.54) is 36.4 Å². The molecule has 0 aliphatic heterocycles. The van der Waals surface area contributed by atoms with Gasteiger partial charge in [0.15, 0.2) is 5.78 Å².